The quantitative estimate of drug-likeness (QED) is 0.797. The van der Waals surface area contributed by atoms with Gasteiger partial charge in [-0.1, -0.05) is 23.7 Å². The summed E-state index contributed by atoms with van der Waals surface area (Å²) < 4.78 is 26.7. The maximum absolute atomic E-state index is 12.6. The van der Waals surface area contributed by atoms with Gasteiger partial charge in [0, 0.05) is 19.0 Å². The van der Waals surface area contributed by atoms with Crippen LogP contribution in [0.15, 0.2) is 29.2 Å². The molecule has 1 aliphatic rings. The molecule has 19 heavy (non-hydrogen) atoms. The van der Waals surface area contributed by atoms with Gasteiger partial charge in [0.25, 0.3) is 0 Å². The third-order valence-electron chi connectivity index (χ3n) is 3.45. The molecule has 0 saturated carbocycles. The largest absolute Gasteiger partial charge is 0.244 e. The average molecular weight is 322 g/mol. The number of rotatable bonds is 4. The number of sulfonamides is 1. The van der Waals surface area contributed by atoms with Gasteiger partial charge in [-0.25, -0.2) is 8.42 Å². The number of benzene rings is 1. The highest BCUT2D eigenvalue weighted by Gasteiger charge is 2.31. The van der Waals surface area contributed by atoms with Crippen molar-refractivity contribution in [1.29, 1.82) is 0 Å². The van der Waals surface area contributed by atoms with Gasteiger partial charge in [0.1, 0.15) is 4.90 Å². The summed E-state index contributed by atoms with van der Waals surface area (Å²) in [4.78, 5) is 0.197. The van der Waals surface area contributed by atoms with Gasteiger partial charge in [0.05, 0.1) is 5.02 Å². The Balaban J connectivity index is 2.22. The molecule has 0 bridgehead atoms. The van der Waals surface area contributed by atoms with Crippen molar-refractivity contribution >= 4 is 33.2 Å². The first-order valence-corrected chi connectivity index (χ1v) is 8.71. The third-order valence-corrected chi connectivity index (χ3v) is 6.04. The maximum Gasteiger partial charge on any atom is 0.244 e. The van der Waals surface area contributed by atoms with E-state index in [4.69, 9.17) is 23.2 Å². The number of hydrogen-bond donors (Lipinski definition) is 0. The molecular formula is C13H17Cl2NO2S. The Morgan fingerprint density at radius 3 is 2.74 bits per heavy atom. The lowest BCUT2D eigenvalue weighted by molar-refractivity contribution is 0.262. The maximum atomic E-state index is 12.6. The second-order valence-electron chi connectivity index (χ2n) is 4.78. The Morgan fingerprint density at radius 2 is 2.05 bits per heavy atom. The average Bonchev–Trinajstić information content (AvgIpc) is 2.40. The molecule has 1 unspecified atom stereocenters. The van der Waals surface area contributed by atoms with Crippen molar-refractivity contribution in [2.45, 2.75) is 24.2 Å². The van der Waals surface area contributed by atoms with Crippen molar-refractivity contribution in [3.05, 3.63) is 29.3 Å². The second-order valence-corrected chi connectivity index (χ2v) is 7.47. The molecule has 0 radical (unpaired) electrons. The molecule has 3 nitrogen and oxygen atoms in total. The molecule has 6 heteroatoms. The Labute approximate surface area is 124 Å². The van der Waals surface area contributed by atoms with E-state index in [1.807, 2.05) is 0 Å². The molecule has 1 fully saturated rings. The van der Waals surface area contributed by atoms with Crippen molar-refractivity contribution in [3.63, 3.8) is 0 Å². The van der Waals surface area contributed by atoms with Crippen LogP contribution in [0, 0.1) is 5.92 Å². The van der Waals surface area contributed by atoms with Crippen LogP contribution in [0.25, 0.3) is 0 Å². The summed E-state index contributed by atoms with van der Waals surface area (Å²) in [5, 5.41) is 0.280. The second kappa shape index (κ2) is 6.44. The summed E-state index contributed by atoms with van der Waals surface area (Å²) in [5.74, 6) is 0.925. The SMILES string of the molecule is O=S(=O)(c1ccccc1Cl)N1CCCC(CCCl)C1. The predicted octanol–water partition coefficient (Wildman–Crippen LogP) is 3.37. The monoisotopic (exact) mass is 321 g/mol. The predicted molar refractivity (Wildman–Crippen MR) is 78.3 cm³/mol. The highest BCUT2D eigenvalue weighted by Crippen LogP contribution is 2.29. The van der Waals surface area contributed by atoms with Crippen molar-refractivity contribution < 1.29 is 8.42 Å². The van der Waals surface area contributed by atoms with Gasteiger partial charge >= 0.3 is 0 Å². The van der Waals surface area contributed by atoms with Crippen LogP contribution in [-0.4, -0.2) is 31.7 Å². The van der Waals surface area contributed by atoms with Crippen LogP contribution in [0.2, 0.25) is 5.02 Å². The van der Waals surface area contributed by atoms with Crippen LogP contribution >= 0.6 is 23.2 Å². The minimum atomic E-state index is -3.49. The van der Waals surface area contributed by atoms with Crippen LogP contribution < -0.4 is 0 Å². The lowest BCUT2D eigenvalue weighted by Gasteiger charge is -2.31. The number of nitrogens with zero attached hydrogens (tertiary/aromatic N) is 1. The summed E-state index contributed by atoms with van der Waals surface area (Å²) in [6.45, 7) is 1.10. The molecule has 1 aromatic carbocycles. The van der Waals surface area contributed by atoms with Gasteiger partial charge in [-0.2, -0.15) is 4.31 Å². The fourth-order valence-electron chi connectivity index (χ4n) is 2.43. The van der Waals surface area contributed by atoms with Gasteiger partial charge in [-0.3, -0.25) is 0 Å². The van der Waals surface area contributed by atoms with E-state index < -0.39 is 10.0 Å². The van der Waals surface area contributed by atoms with E-state index in [0.717, 1.165) is 19.3 Å². The van der Waals surface area contributed by atoms with E-state index in [0.29, 0.717) is 24.9 Å². The molecule has 106 valence electrons. The molecule has 1 aromatic rings. The Bertz CT molecular complexity index is 531. The Kier molecular flexibility index (Phi) is 5.12. The molecule has 1 aliphatic heterocycles. The summed E-state index contributed by atoms with van der Waals surface area (Å²) in [5.41, 5.74) is 0. The van der Waals surface area contributed by atoms with E-state index in [9.17, 15) is 8.42 Å². The standard InChI is InChI=1S/C13H17Cl2NO2S/c14-8-7-11-4-3-9-16(10-11)19(17,18)13-6-2-1-5-12(13)15/h1-2,5-6,11H,3-4,7-10H2. The smallest absolute Gasteiger partial charge is 0.207 e. The summed E-state index contributed by atoms with van der Waals surface area (Å²) in [6, 6.07) is 6.59. The Hall–Kier alpha value is -0.290. The molecule has 1 heterocycles. The third kappa shape index (κ3) is 3.43. The topological polar surface area (TPSA) is 37.4 Å². The zero-order valence-electron chi connectivity index (χ0n) is 10.6. The summed E-state index contributed by atoms with van der Waals surface area (Å²) >= 11 is 11.7. The fourth-order valence-corrected chi connectivity index (χ4v) is 4.78. The summed E-state index contributed by atoms with van der Waals surface area (Å²) in [6.07, 6.45) is 2.78. The highest BCUT2D eigenvalue weighted by atomic mass is 35.5. The van der Waals surface area contributed by atoms with Gasteiger partial charge in [-0.05, 0) is 37.3 Å². The molecule has 0 aromatic heterocycles. The van der Waals surface area contributed by atoms with Crippen molar-refractivity contribution in [3.8, 4) is 0 Å². The summed E-state index contributed by atoms with van der Waals surface area (Å²) in [7, 11) is -3.49. The van der Waals surface area contributed by atoms with E-state index >= 15 is 0 Å². The van der Waals surface area contributed by atoms with Crippen LogP contribution in [-0.2, 0) is 10.0 Å². The van der Waals surface area contributed by atoms with Crippen LogP contribution in [0.4, 0.5) is 0 Å². The fraction of sp³-hybridized carbons (Fsp3) is 0.538. The van der Waals surface area contributed by atoms with E-state index in [1.54, 1.807) is 24.3 Å². The molecule has 0 N–H and O–H groups in total. The number of piperidine rings is 1. The van der Waals surface area contributed by atoms with Crippen LogP contribution in [0.3, 0.4) is 0 Å². The first-order chi connectivity index (χ1) is 9.05. The minimum absolute atomic E-state index is 0.197. The lowest BCUT2D eigenvalue weighted by atomic mass is 9.97. The van der Waals surface area contributed by atoms with E-state index in [1.165, 1.54) is 4.31 Å². The number of hydrogen-bond acceptors (Lipinski definition) is 2. The van der Waals surface area contributed by atoms with Gasteiger partial charge < -0.3 is 0 Å². The van der Waals surface area contributed by atoms with Crippen LogP contribution in [0.1, 0.15) is 19.3 Å². The molecular weight excluding hydrogens is 305 g/mol. The minimum Gasteiger partial charge on any atom is -0.207 e. The molecule has 0 amide bonds. The normalized spacial score (nSPS) is 21.5. The zero-order chi connectivity index (χ0) is 13.9. The van der Waals surface area contributed by atoms with Gasteiger partial charge in [0.2, 0.25) is 10.0 Å². The van der Waals surface area contributed by atoms with Crippen molar-refractivity contribution in [2.24, 2.45) is 5.92 Å². The number of halogens is 2. The van der Waals surface area contributed by atoms with E-state index in [-0.39, 0.29) is 9.92 Å². The molecule has 1 atom stereocenters. The Morgan fingerprint density at radius 1 is 1.32 bits per heavy atom. The van der Waals surface area contributed by atoms with E-state index in [2.05, 4.69) is 0 Å². The molecule has 0 spiro atoms. The lowest BCUT2D eigenvalue weighted by Crippen LogP contribution is -2.40. The molecule has 0 aliphatic carbocycles. The van der Waals surface area contributed by atoms with Crippen molar-refractivity contribution in [2.75, 3.05) is 19.0 Å². The first-order valence-electron chi connectivity index (χ1n) is 6.36. The van der Waals surface area contributed by atoms with Crippen molar-refractivity contribution in [1.82, 2.24) is 4.31 Å². The zero-order valence-corrected chi connectivity index (χ0v) is 12.9. The molecule has 2 rings (SSSR count). The van der Waals surface area contributed by atoms with Gasteiger partial charge in [0.15, 0.2) is 0 Å². The first kappa shape index (κ1) is 15.1. The number of alkyl halides is 1. The molecule has 1 saturated heterocycles. The highest BCUT2D eigenvalue weighted by molar-refractivity contribution is 7.89. The van der Waals surface area contributed by atoms with Gasteiger partial charge in [-0.15, -0.1) is 11.6 Å². The van der Waals surface area contributed by atoms with Crippen LogP contribution in [0.5, 0.6) is 0 Å².